The van der Waals surface area contributed by atoms with Crippen molar-refractivity contribution in [3.8, 4) is 0 Å². The molecule has 0 aromatic rings. The van der Waals surface area contributed by atoms with E-state index < -0.39 is 27.6 Å². The maximum absolute atomic E-state index is 12.6. The quantitative estimate of drug-likeness (QED) is 0.685. The Labute approximate surface area is 98.3 Å². The molecule has 0 saturated carbocycles. The van der Waals surface area contributed by atoms with E-state index in [4.69, 9.17) is 0 Å². The molecule has 2 aliphatic heterocycles. The number of allylic oxidation sites excluding steroid dienone is 1. The van der Waals surface area contributed by atoms with Crippen LogP contribution in [0.15, 0.2) is 12.2 Å². The van der Waals surface area contributed by atoms with Crippen LogP contribution in [0.25, 0.3) is 0 Å². The molecule has 2 unspecified atom stereocenters. The molecule has 0 aromatic carbocycles. The molecule has 2 bridgehead atoms. The van der Waals surface area contributed by atoms with Crippen LogP contribution in [0.1, 0.15) is 32.1 Å². The monoisotopic (exact) mass is 269 g/mol. The summed E-state index contributed by atoms with van der Waals surface area (Å²) >= 11 is 0. The molecule has 17 heavy (non-hydrogen) atoms. The minimum Gasteiger partial charge on any atom is -0.203 e. The Morgan fingerprint density at radius 1 is 1.18 bits per heavy atom. The van der Waals surface area contributed by atoms with E-state index in [1.807, 2.05) is 0 Å². The first-order valence-corrected chi connectivity index (χ1v) is 7.04. The van der Waals surface area contributed by atoms with Crippen molar-refractivity contribution in [2.75, 3.05) is 0 Å². The van der Waals surface area contributed by atoms with Crippen molar-refractivity contribution in [1.29, 1.82) is 0 Å². The summed E-state index contributed by atoms with van der Waals surface area (Å²) in [7, 11) is -5.19. The molecule has 98 valence electrons. The zero-order valence-corrected chi connectivity index (χ0v) is 9.97. The van der Waals surface area contributed by atoms with Crippen molar-refractivity contribution in [2.24, 2.45) is 0 Å². The van der Waals surface area contributed by atoms with Gasteiger partial charge in [-0.1, -0.05) is 12.2 Å². The predicted octanol–water partition coefficient (Wildman–Crippen LogP) is 2.41. The van der Waals surface area contributed by atoms with Crippen LogP contribution in [0.3, 0.4) is 0 Å². The maximum atomic E-state index is 12.6. The average Bonchev–Trinajstić information content (AvgIpc) is 2.58. The van der Waals surface area contributed by atoms with Crippen LogP contribution in [0.2, 0.25) is 0 Å². The van der Waals surface area contributed by atoms with E-state index in [9.17, 15) is 21.6 Å². The topological polar surface area (TPSA) is 37.4 Å². The number of nitrogens with zero attached hydrogens (tertiary/aromatic N) is 1. The van der Waals surface area contributed by atoms with Gasteiger partial charge in [-0.2, -0.15) is 17.5 Å². The van der Waals surface area contributed by atoms with Gasteiger partial charge in [0.15, 0.2) is 0 Å². The molecule has 0 aliphatic carbocycles. The summed E-state index contributed by atoms with van der Waals surface area (Å²) in [6.45, 7) is 0. The van der Waals surface area contributed by atoms with Gasteiger partial charge >= 0.3 is 15.5 Å². The molecule has 0 N–H and O–H groups in total. The fraction of sp³-hybridized carbons (Fsp3) is 0.800. The second-order valence-corrected chi connectivity index (χ2v) is 6.27. The van der Waals surface area contributed by atoms with Crippen LogP contribution in [-0.2, 0) is 10.0 Å². The molecule has 2 aliphatic rings. The van der Waals surface area contributed by atoms with Gasteiger partial charge in [-0.3, -0.25) is 0 Å². The second-order valence-electron chi connectivity index (χ2n) is 4.44. The highest BCUT2D eigenvalue weighted by Crippen LogP contribution is 2.38. The Hall–Kier alpha value is -0.560. The molecular formula is C10H14F3NO2S. The molecule has 1 saturated heterocycles. The maximum Gasteiger partial charge on any atom is 0.511 e. The van der Waals surface area contributed by atoms with Gasteiger partial charge in [-0.15, -0.1) is 0 Å². The highest BCUT2D eigenvalue weighted by atomic mass is 32.2. The van der Waals surface area contributed by atoms with E-state index in [1.165, 1.54) is 0 Å². The van der Waals surface area contributed by atoms with E-state index in [2.05, 4.69) is 0 Å². The average molecular weight is 269 g/mol. The van der Waals surface area contributed by atoms with Gasteiger partial charge < -0.3 is 0 Å². The van der Waals surface area contributed by atoms with Crippen molar-refractivity contribution < 1.29 is 21.6 Å². The Morgan fingerprint density at radius 2 is 1.88 bits per heavy atom. The minimum absolute atomic E-state index is 0.483. The molecular weight excluding hydrogens is 255 g/mol. The van der Waals surface area contributed by atoms with Gasteiger partial charge in [0.1, 0.15) is 0 Å². The SMILES string of the molecule is O=S(=O)(N1C2C=CCCCC1CC2)C(F)(F)F. The van der Waals surface area contributed by atoms with Crippen molar-refractivity contribution in [2.45, 2.75) is 49.7 Å². The fourth-order valence-corrected chi connectivity index (χ4v) is 3.93. The normalized spacial score (nSPS) is 31.2. The first kappa shape index (κ1) is 12.9. The molecule has 7 heteroatoms. The summed E-state index contributed by atoms with van der Waals surface area (Å²) in [6, 6.07) is -1.11. The van der Waals surface area contributed by atoms with E-state index in [1.54, 1.807) is 12.2 Å². The smallest absolute Gasteiger partial charge is 0.203 e. The number of alkyl halides is 3. The van der Waals surface area contributed by atoms with E-state index >= 15 is 0 Å². The highest BCUT2D eigenvalue weighted by Gasteiger charge is 2.55. The summed E-state index contributed by atoms with van der Waals surface area (Å²) in [4.78, 5) is 0. The Bertz CT molecular complexity index is 416. The Kier molecular flexibility index (Phi) is 3.24. The first-order valence-electron chi connectivity index (χ1n) is 5.60. The zero-order valence-electron chi connectivity index (χ0n) is 9.15. The van der Waals surface area contributed by atoms with Crippen LogP contribution in [0.4, 0.5) is 13.2 Å². The summed E-state index contributed by atoms with van der Waals surface area (Å²) in [6.07, 6.45) is 6.44. The van der Waals surface area contributed by atoms with Crippen LogP contribution >= 0.6 is 0 Å². The van der Waals surface area contributed by atoms with Crippen molar-refractivity contribution in [1.82, 2.24) is 4.31 Å². The van der Waals surface area contributed by atoms with Crippen LogP contribution in [0, 0.1) is 0 Å². The largest absolute Gasteiger partial charge is 0.511 e. The van der Waals surface area contributed by atoms with Crippen LogP contribution in [0.5, 0.6) is 0 Å². The van der Waals surface area contributed by atoms with Crippen molar-refractivity contribution in [3.05, 3.63) is 12.2 Å². The lowest BCUT2D eigenvalue weighted by atomic mass is 10.1. The number of hydrogen-bond acceptors (Lipinski definition) is 2. The molecule has 0 aromatic heterocycles. The third-order valence-corrected chi connectivity index (χ3v) is 5.03. The van der Waals surface area contributed by atoms with Crippen molar-refractivity contribution >= 4 is 10.0 Å². The standard InChI is InChI=1S/C10H14F3NO2S/c11-10(12,13)17(15,16)14-8-4-2-1-3-5-9(14)7-6-8/h2,4,8-9H,1,3,5-7H2. The molecule has 0 amide bonds. The molecule has 0 radical (unpaired) electrons. The molecule has 2 rings (SSSR count). The number of halogens is 3. The van der Waals surface area contributed by atoms with Crippen LogP contribution in [-0.4, -0.2) is 30.3 Å². The van der Waals surface area contributed by atoms with Gasteiger partial charge in [-0.25, -0.2) is 8.42 Å². The van der Waals surface area contributed by atoms with Crippen LogP contribution < -0.4 is 0 Å². The lowest BCUT2D eigenvalue weighted by Crippen LogP contribution is -2.47. The van der Waals surface area contributed by atoms with E-state index in [0.29, 0.717) is 23.6 Å². The van der Waals surface area contributed by atoms with E-state index in [0.717, 1.165) is 12.8 Å². The lowest BCUT2D eigenvalue weighted by Gasteiger charge is -2.29. The first-order chi connectivity index (χ1) is 7.84. The third-order valence-electron chi connectivity index (χ3n) is 3.32. The molecule has 2 atom stereocenters. The highest BCUT2D eigenvalue weighted by molar-refractivity contribution is 7.90. The van der Waals surface area contributed by atoms with Gasteiger partial charge in [0.25, 0.3) is 0 Å². The molecule has 3 nitrogen and oxygen atoms in total. The summed E-state index contributed by atoms with van der Waals surface area (Å²) in [5, 5.41) is 0. The fourth-order valence-electron chi connectivity index (χ4n) is 2.56. The van der Waals surface area contributed by atoms with Gasteiger partial charge in [0.2, 0.25) is 0 Å². The number of sulfonamides is 1. The Morgan fingerprint density at radius 3 is 2.53 bits per heavy atom. The number of rotatable bonds is 1. The molecule has 0 spiro atoms. The third kappa shape index (κ3) is 2.22. The predicted molar refractivity (Wildman–Crippen MR) is 56.6 cm³/mol. The molecule has 2 heterocycles. The number of fused-ring (bicyclic) bond motifs is 2. The van der Waals surface area contributed by atoms with Gasteiger partial charge in [-0.05, 0) is 32.1 Å². The lowest BCUT2D eigenvalue weighted by molar-refractivity contribution is -0.0500. The number of hydrogen-bond donors (Lipinski definition) is 0. The summed E-state index contributed by atoms with van der Waals surface area (Å²) < 4.78 is 61.4. The van der Waals surface area contributed by atoms with Gasteiger partial charge in [0.05, 0.1) is 0 Å². The van der Waals surface area contributed by atoms with E-state index in [-0.39, 0.29) is 0 Å². The summed E-state index contributed by atoms with van der Waals surface area (Å²) in [5.41, 5.74) is -5.19. The van der Waals surface area contributed by atoms with Gasteiger partial charge in [0, 0.05) is 12.1 Å². The Balaban J connectivity index is 2.37. The molecule has 1 fully saturated rings. The minimum atomic E-state index is -5.19. The second kappa shape index (κ2) is 4.28. The summed E-state index contributed by atoms with van der Waals surface area (Å²) in [5.74, 6) is 0. The van der Waals surface area contributed by atoms with Crippen molar-refractivity contribution in [3.63, 3.8) is 0 Å². The zero-order chi connectivity index (χ0) is 12.7.